The molecule has 1 saturated heterocycles. The number of benzene rings is 1. The number of urea groups is 1. The maximum absolute atomic E-state index is 11.7. The zero-order valence-electron chi connectivity index (χ0n) is 10.6. The number of nitrogens with zero attached hydrogens (tertiary/aromatic N) is 1. The van der Waals surface area contributed by atoms with Crippen molar-refractivity contribution in [1.29, 1.82) is 5.41 Å². The van der Waals surface area contributed by atoms with Gasteiger partial charge < -0.3 is 4.74 Å². The lowest BCUT2D eigenvalue weighted by molar-refractivity contribution is 0.184. The van der Waals surface area contributed by atoms with E-state index in [1.807, 2.05) is 24.3 Å². The minimum Gasteiger partial charge on any atom is -0.380 e. The number of terminal acetylenes is 1. The molecule has 1 aliphatic rings. The van der Waals surface area contributed by atoms with Gasteiger partial charge in [-0.1, -0.05) is 30.2 Å². The maximum atomic E-state index is 11.7. The quantitative estimate of drug-likeness (QED) is 0.803. The Morgan fingerprint density at radius 1 is 1.58 bits per heavy atom. The lowest BCUT2D eigenvalue weighted by Gasteiger charge is -2.21. The minimum atomic E-state index is -0.444. The number of carbonyl (C=O) groups excluding carboxylic acids is 1. The van der Waals surface area contributed by atoms with Gasteiger partial charge in [0.25, 0.3) is 0 Å². The second-order valence-corrected chi connectivity index (χ2v) is 4.26. The number of methoxy groups -OCH3 is 1. The third kappa shape index (κ3) is 2.59. The fourth-order valence-corrected chi connectivity index (χ4v) is 2.16. The Morgan fingerprint density at radius 2 is 2.37 bits per heavy atom. The number of carbonyl (C=O) groups is 1. The van der Waals surface area contributed by atoms with E-state index in [0.717, 1.165) is 11.1 Å². The van der Waals surface area contributed by atoms with Crippen LogP contribution in [0.2, 0.25) is 0 Å². The molecule has 2 N–H and O–H groups in total. The second-order valence-electron chi connectivity index (χ2n) is 4.26. The monoisotopic (exact) mass is 257 g/mol. The molecule has 5 heteroatoms. The van der Waals surface area contributed by atoms with Crippen molar-refractivity contribution in [3.05, 3.63) is 35.4 Å². The number of amidine groups is 1. The third-order valence-corrected chi connectivity index (χ3v) is 2.93. The molecule has 2 rings (SSSR count). The Balaban J connectivity index is 2.33. The van der Waals surface area contributed by atoms with Crippen molar-refractivity contribution in [1.82, 2.24) is 10.2 Å². The Morgan fingerprint density at radius 3 is 3.05 bits per heavy atom. The number of rotatable bonds is 4. The van der Waals surface area contributed by atoms with E-state index in [1.54, 1.807) is 7.11 Å². The Bertz CT molecular complexity index is 548. The first kappa shape index (κ1) is 13.1. The summed E-state index contributed by atoms with van der Waals surface area (Å²) in [4.78, 5) is 13.2. The van der Waals surface area contributed by atoms with Crippen LogP contribution in [-0.2, 0) is 11.3 Å². The van der Waals surface area contributed by atoms with E-state index in [1.165, 1.54) is 4.90 Å². The lowest BCUT2D eigenvalue weighted by Crippen LogP contribution is -2.30. The van der Waals surface area contributed by atoms with Gasteiger partial charge in [-0.2, -0.15) is 0 Å². The van der Waals surface area contributed by atoms with Gasteiger partial charge in [-0.05, 0) is 11.1 Å². The van der Waals surface area contributed by atoms with Crippen LogP contribution >= 0.6 is 0 Å². The van der Waals surface area contributed by atoms with E-state index in [2.05, 4.69) is 11.2 Å². The van der Waals surface area contributed by atoms with Crippen molar-refractivity contribution in [2.24, 2.45) is 0 Å². The van der Waals surface area contributed by atoms with E-state index in [9.17, 15) is 4.79 Å². The van der Waals surface area contributed by atoms with Crippen LogP contribution < -0.4 is 5.32 Å². The molecule has 1 aromatic rings. The number of hydrogen-bond acceptors (Lipinski definition) is 3. The van der Waals surface area contributed by atoms with Gasteiger partial charge in [-0.15, -0.1) is 6.42 Å². The second kappa shape index (κ2) is 5.55. The Labute approximate surface area is 112 Å². The van der Waals surface area contributed by atoms with Crippen LogP contribution in [0, 0.1) is 17.8 Å². The highest BCUT2D eigenvalue weighted by Crippen LogP contribution is 2.26. The van der Waals surface area contributed by atoms with Crippen molar-refractivity contribution in [2.75, 3.05) is 13.7 Å². The molecule has 1 atom stereocenters. The first-order chi connectivity index (χ1) is 9.17. The zero-order chi connectivity index (χ0) is 13.8. The average Bonchev–Trinajstić information content (AvgIpc) is 2.66. The highest BCUT2D eigenvalue weighted by molar-refractivity contribution is 6.06. The molecule has 0 bridgehead atoms. The number of nitrogens with one attached hydrogen (secondary N) is 2. The summed E-state index contributed by atoms with van der Waals surface area (Å²) in [6.45, 7) is 0.664. The van der Waals surface area contributed by atoms with E-state index >= 15 is 0 Å². The number of ether oxygens (including phenoxy) is 1. The van der Waals surface area contributed by atoms with Gasteiger partial charge in [0.1, 0.15) is 11.9 Å². The predicted octanol–water partition coefficient (Wildman–Crippen LogP) is 1.51. The van der Waals surface area contributed by atoms with E-state index in [4.69, 9.17) is 16.6 Å². The van der Waals surface area contributed by atoms with Crippen LogP contribution in [0.4, 0.5) is 4.79 Å². The fourth-order valence-electron chi connectivity index (χ4n) is 2.16. The van der Waals surface area contributed by atoms with Crippen molar-refractivity contribution in [2.45, 2.75) is 12.6 Å². The molecule has 1 heterocycles. The lowest BCUT2D eigenvalue weighted by atomic mass is 10.0. The van der Waals surface area contributed by atoms with Crippen LogP contribution in [0.1, 0.15) is 17.2 Å². The zero-order valence-corrected chi connectivity index (χ0v) is 10.6. The molecule has 1 unspecified atom stereocenters. The molecule has 0 aliphatic carbocycles. The molecule has 0 radical (unpaired) electrons. The summed E-state index contributed by atoms with van der Waals surface area (Å²) in [5, 5.41) is 10.4. The summed E-state index contributed by atoms with van der Waals surface area (Å²) in [5.41, 5.74) is 1.85. The van der Waals surface area contributed by atoms with E-state index in [-0.39, 0.29) is 18.4 Å². The molecule has 0 spiro atoms. The van der Waals surface area contributed by atoms with Crippen molar-refractivity contribution < 1.29 is 9.53 Å². The Kier molecular flexibility index (Phi) is 3.83. The van der Waals surface area contributed by atoms with Crippen LogP contribution in [0.15, 0.2) is 24.3 Å². The van der Waals surface area contributed by atoms with Crippen molar-refractivity contribution in [3.8, 4) is 12.3 Å². The van der Waals surface area contributed by atoms with Gasteiger partial charge in [0.15, 0.2) is 0 Å². The van der Waals surface area contributed by atoms with Gasteiger partial charge >= 0.3 is 6.03 Å². The van der Waals surface area contributed by atoms with Crippen LogP contribution in [0.25, 0.3) is 0 Å². The van der Waals surface area contributed by atoms with Crippen LogP contribution in [0.3, 0.4) is 0 Å². The maximum Gasteiger partial charge on any atom is 0.324 e. The molecule has 1 fully saturated rings. The normalized spacial score (nSPS) is 18.3. The molecule has 19 heavy (non-hydrogen) atoms. The van der Waals surface area contributed by atoms with Gasteiger partial charge in [-0.3, -0.25) is 15.6 Å². The standard InChI is InChI=1S/C14H15N3O2/c1-3-7-17-12(13(15)16-14(17)18)11-6-4-5-10(8-11)9-19-2/h1,4-6,8,12H,7,9H2,2H3,(H2,15,16,18). The summed E-state index contributed by atoms with van der Waals surface area (Å²) in [5.74, 6) is 2.59. The first-order valence-electron chi connectivity index (χ1n) is 5.84. The molecule has 5 nitrogen and oxygen atoms in total. The number of hydrogen-bond donors (Lipinski definition) is 2. The molecule has 1 aliphatic heterocycles. The molecule has 2 amide bonds. The molecule has 1 aromatic carbocycles. The topological polar surface area (TPSA) is 65.4 Å². The first-order valence-corrected chi connectivity index (χ1v) is 5.84. The van der Waals surface area contributed by atoms with Gasteiger partial charge in [-0.25, -0.2) is 4.79 Å². The molecule has 98 valence electrons. The van der Waals surface area contributed by atoms with E-state index < -0.39 is 6.04 Å². The van der Waals surface area contributed by atoms with Crippen LogP contribution in [-0.4, -0.2) is 30.4 Å². The highest BCUT2D eigenvalue weighted by Gasteiger charge is 2.36. The SMILES string of the molecule is C#CCN1C(=O)NC(=N)C1c1cccc(COC)c1. The van der Waals surface area contributed by atoms with Gasteiger partial charge in [0.2, 0.25) is 0 Å². The summed E-state index contributed by atoms with van der Waals surface area (Å²) >= 11 is 0. The fraction of sp³-hybridized carbons (Fsp3) is 0.286. The molecular formula is C14H15N3O2. The highest BCUT2D eigenvalue weighted by atomic mass is 16.5. The summed E-state index contributed by atoms with van der Waals surface area (Å²) < 4.78 is 5.09. The Hall–Kier alpha value is -2.32. The van der Waals surface area contributed by atoms with E-state index in [0.29, 0.717) is 6.61 Å². The predicted molar refractivity (Wildman–Crippen MR) is 71.7 cm³/mol. The molecule has 0 saturated carbocycles. The summed E-state index contributed by atoms with van der Waals surface area (Å²) in [6.07, 6.45) is 5.27. The van der Waals surface area contributed by atoms with Gasteiger partial charge in [0, 0.05) is 7.11 Å². The smallest absolute Gasteiger partial charge is 0.324 e. The van der Waals surface area contributed by atoms with Crippen molar-refractivity contribution >= 4 is 11.9 Å². The largest absolute Gasteiger partial charge is 0.380 e. The minimum absolute atomic E-state index is 0.148. The third-order valence-electron chi connectivity index (χ3n) is 2.93. The number of amides is 2. The molecule has 0 aromatic heterocycles. The van der Waals surface area contributed by atoms with Crippen LogP contribution in [0.5, 0.6) is 0 Å². The summed E-state index contributed by atoms with van der Waals surface area (Å²) in [7, 11) is 1.63. The average molecular weight is 257 g/mol. The summed E-state index contributed by atoms with van der Waals surface area (Å²) in [6, 6.07) is 6.85. The molecular weight excluding hydrogens is 242 g/mol. The van der Waals surface area contributed by atoms with Gasteiger partial charge in [0.05, 0.1) is 13.2 Å². The van der Waals surface area contributed by atoms with Crippen molar-refractivity contribution in [3.63, 3.8) is 0 Å².